The Labute approximate surface area is 148 Å². The lowest BCUT2D eigenvalue weighted by atomic mass is 10.0. The second kappa shape index (κ2) is 9.20. The van der Waals surface area contributed by atoms with Crippen LogP contribution in [0.1, 0.15) is 42.6 Å². The third-order valence-corrected chi connectivity index (χ3v) is 4.41. The Kier molecular flexibility index (Phi) is 6.98. The quantitative estimate of drug-likeness (QED) is 0.742. The van der Waals surface area contributed by atoms with Crippen LogP contribution in [0.15, 0.2) is 24.3 Å². The number of ether oxygens (including phenoxy) is 1. The van der Waals surface area contributed by atoms with E-state index in [1.807, 2.05) is 24.3 Å². The second-order valence-corrected chi connectivity index (χ2v) is 6.04. The highest BCUT2D eigenvalue weighted by atomic mass is 16.6. The van der Waals surface area contributed by atoms with Crippen molar-refractivity contribution in [1.29, 1.82) is 0 Å². The second-order valence-electron chi connectivity index (χ2n) is 6.04. The molecule has 1 saturated heterocycles. The molecule has 1 aliphatic rings. The molecule has 0 spiro atoms. The van der Waals surface area contributed by atoms with E-state index >= 15 is 0 Å². The van der Waals surface area contributed by atoms with Crippen LogP contribution >= 0.6 is 0 Å². The zero-order chi connectivity index (χ0) is 18.2. The fourth-order valence-electron chi connectivity index (χ4n) is 2.80. The standard InChI is InChI=1S/C19H26N2O4/c1-3-15-5-7-16(8-6-15)17(22)9-10-18(23)20-11-13-21(14-12-20)19(24)25-4-2/h5-8H,3-4,9-14H2,1-2H3. The lowest BCUT2D eigenvalue weighted by Gasteiger charge is -2.34. The molecule has 2 rings (SSSR count). The smallest absolute Gasteiger partial charge is 0.409 e. The highest BCUT2D eigenvalue weighted by Gasteiger charge is 2.25. The van der Waals surface area contributed by atoms with Crippen molar-refractivity contribution in [3.63, 3.8) is 0 Å². The Bertz CT molecular complexity index is 604. The van der Waals surface area contributed by atoms with Crippen LogP contribution in [0.2, 0.25) is 0 Å². The minimum Gasteiger partial charge on any atom is -0.450 e. The van der Waals surface area contributed by atoms with Crippen LogP contribution in [0, 0.1) is 0 Å². The fraction of sp³-hybridized carbons (Fsp3) is 0.526. The van der Waals surface area contributed by atoms with Gasteiger partial charge in [0.2, 0.25) is 5.91 Å². The summed E-state index contributed by atoms with van der Waals surface area (Å²) in [6.07, 6.45) is 1.02. The van der Waals surface area contributed by atoms with E-state index in [1.165, 1.54) is 5.56 Å². The molecule has 25 heavy (non-hydrogen) atoms. The fourth-order valence-corrected chi connectivity index (χ4v) is 2.80. The van der Waals surface area contributed by atoms with Crippen molar-refractivity contribution in [2.75, 3.05) is 32.8 Å². The summed E-state index contributed by atoms with van der Waals surface area (Å²) in [7, 11) is 0. The number of piperazine rings is 1. The minimum absolute atomic E-state index is 0.0128. The summed E-state index contributed by atoms with van der Waals surface area (Å²) in [4.78, 5) is 39.4. The SMILES string of the molecule is CCOC(=O)N1CCN(C(=O)CCC(=O)c2ccc(CC)cc2)CC1. The Hall–Kier alpha value is -2.37. The monoisotopic (exact) mass is 346 g/mol. The van der Waals surface area contributed by atoms with Gasteiger partial charge in [-0.3, -0.25) is 9.59 Å². The predicted molar refractivity (Wildman–Crippen MR) is 94.6 cm³/mol. The Balaban J connectivity index is 1.77. The van der Waals surface area contributed by atoms with Gasteiger partial charge in [-0.15, -0.1) is 0 Å². The molecule has 0 unspecified atom stereocenters. The maximum Gasteiger partial charge on any atom is 0.409 e. The molecule has 0 N–H and O–H groups in total. The molecule has 0 aromatic heterocycles. The first-order valence-corrected chi connectivity index (χ1v) is 8.86. The molecule has 6 nitrogen and oxygen atoms in total. The minimum atomic E-state index is -0.333. The van der Waals surface area contributed by atoms with Crippen molar-refractivity contribution < 1.29 is 19.1 Å². The zero-order valence-electron chi connectivity index (χ0n) is 15.0. The number of carbonyl (C=O) groups excluding carboxylic acids is 3. The van der Waals surface area contributed by atoms with Crippen molar-refractivity contribution in [3.05, 3.63) is 35.4 Å². The summed E-state index contributed by atoms with van der Waals surface area (Å²) in [5.74, 6) is -0.0526. The molecule has 1 aromatic rings. The predicted octanol–water partition coefficient (Wildman–Crippen LogP) is 2.51. The summed E-state index contributed by atoms with van der Waals surface area (Å²) in [5.41, 5.74) is 1.84. The van der Waals surface area contributed by atoms with Crippen LogP contribution in [0.4, 0.5) is 4.79 Å². The van der Waals surface area contributed by atoms with Crippen molar-refractivity contribution in [2.45, 2.75) is 33.1 Å². The average molecular weight is 346 g/mol. The van der Waals surface area contributed by atoms with Crippen molar-refractivity contribution in [3.8, 4) is 0 Å². The first kappa shape index (κ1) is 19.0. The van der Waals surface area contributed by atoms with E-state index in [2.05, 4.69) is 6.92 Å². The number of amides is 2. The normalized spacial score (nSPS) is 14.3. The van der Waals surface area contributed by atoms with Gasteiger partial charge < -0.3 is 14.5 Å². The first-order valence-electron chi connectivity index (χ1n) is 8.86. The van der Waals surface area contributed by atoms with Gasteiger partial charge >= 0.3 is 6.09 Å². The van der Waals surface area contributed by atoms with Crippen LogP contribution in [-0.4, -0.2) is 60.4 Å². The number of ketones is 1. The summed E-state index contributed by atoms with van der Waals surface area (Å²) >= 11 is 0. The van der Waals surface area contributed by atoms with Crippen molar-refractivity contribution >= 4 is 17.8 Å². The van der Waals surface area contributed by atoms with E-state index in [1.54, 1.807) is 16.7 Å². The van der Waals surface area contributed by atoms with Crippen LogP contribution in [0.25, 0.3) is 0 Å². The number of nitrogens with zero attached hydrogens (tertiary/aromatic N) is 2. The lowest BCUT2D eigenvalue weighted by Crippen LogP contribution is -2.50. The third kappa shape index (κ3) is 5.31. The van der Waals surface area contributed by atoms with Gasteiger partial charge in [0.15, 0.2) is 5.78 Å². The lowest BCUT2D eigenvalue weighted by molar-refractivity contribution is -0.132. The highest BCUT2D eigenvalue weighted by Crippen LogP contribution is 2.11. The van der Waals surface area contributed by atoms with Gasteiger partial charge in [-0.2, -0.15) is 0 Å². The van der Waals surface area contributed by atoms with E-state index in [0.717, 1.165) is 6.42 Å². The number of rotatable bonds is 6. The van der Waals surface area contributed by atoms with E-state index in [-0.39, 0.29) is 30.6 Å². The van der Waals surface area contributed by atoms with E-state index in [4.69, 9.17) is 4.74 Å². The maximum absolute atomic E-state index is 12.3. The van der Waals surface area contributed by atoms with Gasteiger partial charge in [-0.25, -0.2) is 4.79 Å². The molecule has 0 aliphatic carbocycles. The molecular weight excluding hydrogens is 320 g/mol. The highest BCUT2D eigenvalue weighted by molar-refractivity contribution is 5.98. The number of aryl methyl sites for hydroxylation is 1. The molecule has 0 radical (unpaired) electrons. The van der Waals surface area contributed by atoms with Gasteiger partial charge in [-0.05, 0) is 18.9 Å². The molecule has 1 heterocycles. The molecule has 136 valence electrons. The molecule has 6 heteroatoms. The van der Waals surface area contributed by atoms with Crippen LogP contribution in [0.3, 0.4) is 0 Å². The van der Waals surface area contributed by atoms with E-state index in [9.17, 15) is 14.4 Å². The summed E-state index contributed by atoms with van der Waals surface area (Å²) in [6, 6.07) is 7.54. The number of Topliss-reactive ketones (excluding diaryl/α,β-unsaturated/α-hetero) is 1. The first-order chi connectivity index (χ1) is 12.0. The average Bonchev–Trinajstić information content (AvgIpc) is 2.66. The summed E-state index contributed by atoms with van der Waals surface area (Å²) in [6.45, 7) is 6.09. The number of benzene rings is 1. The van der Waals surface area contributed by atoms with Crippen LogP contribution < -0.4 is 0 Å². The topological polar surface area (TPSA) is 66.9 Å². The molecule has 0 saturated carbocycles. The van der Waals surface area contributed by atoms with Gasteiger partial charge in [0.1, 0.15) is 0 Å². The van der Waals surface area contributed by atoms with Crippen LogP contribution in [-0.2, 0) is 16.0 Å². The molecular formula is C19H26N2O4. The number of hydrogen-bond acceptors (Lipinski definition) is 4. The summed E-state index contributed by atoms with van der Waals surface area (Å²) in [5, 5.41) is 0. The van der Waals surface area contributed by atoms with Crippen molar-refractivity contribution in [2.24, 2.45) is 0 Å². The molecule has 1 aromatic carbocycles. The van der Waals surface area contributed by atoms with Crippen LogP contribution in [0.5, 0.6) is 0 Å². The summed E-state index contributed by atoms with van der Waals surface area (Å²) < 4.78 is 4.96. The number of hydrogen-bond donors (Lipinski definition) is 0. The molecule has 1 aliphatic heterocycles. The zero-order valence-corrected chi connectivity index (χ0v) is 15.0. The molecule has 0 atom stereocenters. The Morgan fingerprint density at radius 1 is 0.920 bits per heavy atom. The van der Waals surface area contributed by atoms with Gasteiger partial charge in [0, 0.05) is 44.6 Å². The Morgan fingerprint density at radius 2 is 1.52 bits per heavy atom. The maximum atomic E-state index is 12.3. The van der Waals surface area contributed by atoms with Gasteiger partial charge in [-0.1, -0.05) is 31.2 Å². The largest absolute Gasteiger partial charge is 0.450 e. The molecule has 2 amide bonds. The Morgan fingerprint density at radius 3 is 2.08 bits per heavy atom. The van der Waals surface area contributed by atoms with E-state index in [0.29, 0.717) is 38.3 Å². The van der Waals surface area contributed by atoms with Gasteiger partial charge in [0.25, 0.3) is 0 Å². The molecule has 1 fully saturated rings. The third-order valence-electron chi connectivity index (χ3n) is 4.41. The van der Waals surface area contributed by atoms with Crippen molar-refractivity contribution in [1.82, 2.24) is 9.80 Å². The van der Waals surface area contributed by atoms with E-state index < -0.39 is 0 Å². The van der Waals surface area contributed by atoms with Gasteiger partial charge in [0.05, 0.1) is 6.61 Å². The molecule has 0 bridgehead atoms. The number of carbonyl (C=O) groups is 3.